The Morgan fingerprint density at radius 2 is 1.68 bits per heavy atom. The third-order valence-electron chi connectivity index (χ3n) is 3.56. The van der Waals surface area contributed by atoms with Gasteiger partial charge < -0.3 is 10.1 Å². The summed E-state index contributed by atoms with van der Waals surface area (Å²) in [6.07, 6.45) is 1.63. The summed E-state index contributed by atoms with van der Waals surface area (Å²) in [6.45, 7) is 3.96. The number of benzene rings is 1. The highest BCUT2D eigenvalue weighted by molar-refractivity contribution is 5.95. The minimum atomic E-state index is -0.618. The molecule has 1 aromatic carbocycles. The molecule has 118 valence electrons. The SMILES string of the molecule is CCc1cccc(CC)c1NC(=O)CN1CC(=O)OC(=O)C1. The number of rotatable bonds is 5. The zero-order chi connectivity index (χ0) is 16.1. The van der Waals surface area contributed by atoms with Crippen LogP contribution in [0.15, 0.2) is 18.2 Å². The number of cyclic esters (lactones) is 2. The summed E-state index contributed by atoms with van der Waals surface area (Å²) < 4.78 is 4.44. The van der Waals surface area contributed by atoms with Crippen LogP contribution in [0, 0.1) is 0 Å². The molecule has 1 aliphatic heterocycles. The smallest absolute Gasteiger partial charge is 0.327 e. The predicted molar refractivity (Wildman–Crippen MR) is 81.4 cm³/mol. The number of hydrogen-bond acceptors (Lipinski definition) is 5. The summed E-state index contributed by atoms with van der Waals surface area (Å²) in [5, 5.41) is 2.91. The number of morpholine rings is 1. The Hall–Kier alpha value is -2.21. The van der Waals surface area contributed by atoms with Crippen LogP contribution in [0.2, 0.25) is 0 Å². The molecule has 0 radical (unpaired) electrons. The Kier molecular flexibility index (Phi) is 5.27. The molecule has 6 nitrogen and oxygen atoms in total. The molecule has 2 rings (SSSR count). The molecule has 0 spiro atoms. The van der Waals surface area contributed by atoms with Crippen molar-refractivity contribution >= 4 is 23.5 Å². The largest absolute Gasteiger partial charge is 0.391 e. The number of para-hydroxylation sites is 1. The number of carbonyl (C=O) groups is 3. The molecule has 22 heavy (non-hydrogen) atoms. The van der Waals surface area contributed by atoms with Gasteiger partial charge in [-0.1, -0.05) is 32.0 Å². The van der Waals surface area contributed by atoms with Crippen molar-refractivity contribution in [3.8, 4) is 0 Å². The standard InChI is InChI=1S/C16H20N2O4/c1-3-11-6-5-7-12(4-2)16(11)17-13(19)8-18-9-14(20)22-15(21)10-18/h5-7H,3-4,8-10H2,1-2H3,(H,17,19). The van der Waals surface area contributed by atoms with E-state index in [1.807, 2.05) is 32.0 Å². The fraction of sp³-hybridized carbons (Fsp3) is 0.438. The van der Waals surface area contributed by atoms with Gasteiger partial charge in [-0.25, -0.2) is 0 Å². The number of carbonyl (C=O) groups excluding carboxylic acids is 3. The third-order valence-corrected chi connectivity index (χ3v) is 3.56. The van der Waals surface area contributed by atoms with Crippen LogP contribution in [0.3, 0.4) is 0 Å². The number of nitrogens with zero attached hydrogens (tertiary/aromatic N) is 1. The minimum absolute atomic E-state index is 0.0119. The molecule has 0 saturated carbocycles. The van der Waals surface area contributed by atoms with Gasteiger partial charge >= 0.3 is 11.9 Å². The Morgan fingerprint density at radius 1 is 1.14 bits per heavy atom. The van der Waals surface area contributed by atoms with Crippen LogP contribution in [0.1, 0.15) is 25.0 Å². The molecular weight excluding hydrogens is 284 g/mol. The molecule has 1 aromatic rings. The number of hydrogen-bond donors (Lipinski definition) is 1. The number of amides is 1. The maximum Gasteiger partial charge on any atom is 0.327 e. The number of nitrogens with one attached hydrogen (secondary N) is 1. The first-order valence-electron chi connectivity index (χ1n) is 7.40. The average Bonchev–Trinajstić information content (AvgIpc) is 2.46. The normalized spacial score (nSPS) is 15.5. The second-order valence-corrected chi connectivity index (χ2v) is 5.20. The van der Waals surface area contributed by atoms with Gasteiger partial charge in [0.05, 0.1) is 19.6 Å². The molecule has 1 saturated heterocycles. The molecule has 0 atom stereocenters. The Bertz CT molecular complexity index is 560. The summed E-state index contributed by atoms with van der Waals surface area (Å²) in [5.41, 5.74) is 2.98. The van der Waals surface area contributed by atoms with Crippen molar-refractivity contribution in [1.29, 1.82) is 0 Å². The second-order valence-electron chi connectivity index (χ2n) is 5.20. The highest BCUT2D eigenvalue weighted by Gasteiger charge is 2.26. The van der Waals surface area contributed by atoms with Crippen molar-refractivity contribution in [1.82, 2.24) is 4.90 Å². The van der Waals surface area contributed by atoms with Gasteiger partial charge in [0.25, 0.3) is 0 Å². The first kappa shape index (κ1) is 16.2. The lowest BCUT2D eigenvalue weighted by molar-refractivity contribution is -0.166. The zero-order valence-electron chi connectivity index (χ0n) is 12.8. The van der Waals surface area contributed by atoms with Gasteiger partial charge in [0, 0.05) is 5.69 Å². The van der Waals surface area contributed by atoms with E-state index in [1.54, 1.807) is 0 Å². The maximum absolute atomic E-state index is 12.2. The van der Waals surface area contributed by atoms with E-state index in [-0.39, 0.29) is 25.5 Å². The average molecular weight is 304 g/mol. The van der Waals surface area contributed by atoms with Crippen molar-refractivity contribution in [2.24, 2.45) is 0 Å². The van der Waals surface area contributed by atoms with E-state index < -0.39 is 11.9 Å². The Balaban J connectivity index is 2.06. The number of anilines is 1. The van der Waals surface area contributed by atoms with Gasteiger partial charge in [0.1, 0.15) is 0 Å². The van der Waals surface area contributed by atoms with Crippen LogP contribution in [0.25, 0.3) is 0 Å². The lowest BCUT2D eigenvalue weighted by Crippen LogP contribution is -2.46. The molecule has 0 bridgehead atoms. The Labute approximate surface area is 129 Å². The molecule has 1 N–H and O–H groups in total. The summed E-state index contributed by atoms with van der Waals surface area (Å²) in [7, 11) is 0. The van der Waals surface area contributed by atoms with Crippen LogP contribution >= 0.6 is 0 Å². The van der Waals surface area contributed by atoms with Gasteiger partial charge in [0.2, 0.25) is 5.91 Å². The van der Waals surface area contributed by atoms with Gasteiger partial charge in [-0.15, -0.1) is 0 Å². The molecule has 0 aliphatic carbocycles. The monoisotopic (exact) mass is 304 g/mol. The number of aryl methyl sites for hydroxylation is 2. The van der Waals surface area contributed by atoms with Crippen LogP contribution < -0.4 is 5.32 Å². The van der Waals surface area contributed by atoms with Gasteiger partial charge in [0.15, 0.2) is 0 Å². The molecule has 1 aliphatic rings. The van der Waals surface area contributed by atoms with Crippen LogP contribution in [-0.4, -0.2) is 42.4 Å². The van der Waals surface area contributed by atoms with E-state index in [0.717, 1.165) is 29.7 Å². The van der Waals surface area contributed by atoms with Crippen molar-refractivity contribution in [3.05, 3.63) is 29.3 Å². The second kappa shape index (κ2) is 7.17. The van der Waals surface area contributed by atoms with Gasteiger partial charge in [-0.2, -0.15) is 0 Å². The molecule has 6 heteroatoms. The topological polar surface area (TPSA) is 75.7 Å². The van der Waals surface area contributed by atoms with Crippen molar-refractivity contribution in [3.63, 3.8) is 0 Å². The van der Waals surface area contributed by atoms with Gasteiger partial charge in [-0.05, 0) is 24.0 Å². The molecular formula is C16H20N2O4. The number of ether oxygens (including phenoxy) is 1. The summed E-state index contributed by atoms with van der Waals surface area (Å²) in [6, 6.07) is 5.94. The number of esters is 2. The molecule has 0 aromatic heterocycles. The summed E-state index contributed by atoms with van der Waals surface area (Å²) >= 11 is 0. The van der Waals surface area contributed by atoms with Crippen LogP contribution in [-0.2, 0) is 32.0 Å². The van der Waals surface area contributed by atoms with E-state index in [0.29, 0.717) is 0 Å². The first-order chi connectivity index (χ1) is 10.5. The summed E-state index contributed by atoms with van der Waals surface area (Å²) in [4.78, 5) is 36.1. The molecule has 0 unspecified atom stereocenters. The highest BCUT2D eigenvalue weighted by atomic mass is 16.6. The quantitative estimate of drug-likeness (QED) is 0.652. The lowest BCUT2D eigenvalue weighted by Gasteiger charge is -2.24. The van der Waals surface area contributed by atoms with Crippen LogP contribution in [0.5, 0.6) is 0 Å². The fourth-order valence-corrected chi connectivity index (χ4v) is 2.51. The molecule has 1 heterocycles. The van der Waals surface area contributed by atoms with E-state index in [9.17, 15) is 14.4 Å². The Morgan fingerprint density at radius 3 is 2.18 bits per heavy atom. The van der Waals surface area contributed by atoms with E-state index in [2.05, 4.69) is 10.1 Å². The van der Waals surface area contributed by atoms with Gasteiger partial charge in [-0.3, -0.25) is 19.3 Å². The maximum atomic E-state index is 12.2. The van der Waals surface area contributed by atoms with E-state index >= 15 is 0 Å². The molecule has 1 amide bonds. The first-order valence-corrected chi connectivity index (χ1v) is 7.40. The molecule has 1 fully saturated rings. The van der Waals surface area contributed by atoms with Crippen molar-refractivity contribution in [2.75, 3.05) is 25.0 Å². The zero-order valence-corrected chi connectivity index (χ0v) is 12.8. The fourth-order valence-electron chi connectivity index (χ4n) is 2.51. The lowest BCUT2D eigenvalue weighted by atomic mass is 10.0. The summed E-state index contributed by atoms with van der Waals surface area (Å²) in [5.74, 6) is -1.47. The van der Waals surface area contributed by atoms with E-state index in [4.69, 9.17) is 0 Å². The van der Waals surface area contributed by atoms with Crippen molar-refractivity contribution < 1.29 is 19.1 Å². The third kappa shape index (κ3) is 3.92. The predicted octanol–water partition coefficient (Wildman–Crippen LogP) is 1.14. The minimum Gasteiger partial charge on any atom is -0.391 e. The van der Waals surface area contributed by atoms with Crippen LogP contribution in [0.4, 0.5) is 5.69 Å². The van der Waals surface area contributed by atoms with Crippen molar-refractivity contribution in [2.45, 2.75) is 26.7 Å². The highest BCUT2D eigenvalue weighted by Crippen LogP contribution is 2.22. The van der Waals surface area contributed by atoms with E-state index in [1.165, 1.54) is 4.90 Å².